The molecule has 1 N–H and O–H groups in total. The summed E-state index contributed by atoms with van der Waals surface area (Å²) in [6, 6.07) is 6.07. The molecule has 1 amide bonds. The summed E-state index contributed by atoms with van der Waals surface area (Å²) in [7, 11) is 1.87. The molecule has 0 aromatic heterocycles. The molecule has 1 aromatic rings. The summed E-state index contributed by atoms with van der Waals surface area (Å²) >= 11 is 3.45. The van der Waals surface area contributed by atoms with Crippen molar-refractivity contribution >= 4 is 21.8 Å². The van der Waals surface area contributed by atoms with Gasteiger partial charge in [0.05, 0.1) is 6.04 Å². The third-order valence-electron chi connectivity index (χ3n) is 3.13. The van der Waals surface area contributed by atoms with E-state index in [0.29, 0.717) is 6.04 Å². The van der Waals surface area contributed by atoms with Gasteiger partial charge in [0.15, 0.2) is 0 Å². The molecule has 16 heavy (non-hydrogen) atoms. The van der Waals surface area contributed by atoms with Crippen molar-refractivity contribution < 1.29 is 4.79 Å². The highest BCUT2D eigenvalue weighted by Gasteiger charge is 2.26. The molecular weight excluding hydrogens is 268 g/mol. The number of benzene rings is 1. The van der Waals surface area contributed by atoms with Crippen molar-refractivity contribution in [2.75, 3.05) is 20.1 Å². The maximum absolute atomic E-state index is 12.2. The van der Waals surface area contributed by atoms with Crippen LogP contribution in [0.3, 0.4) is 0 Å². The van der Waals surface area contributed by atoms with Gasteiger partial charge in [-0.1, -0.05) is 22.0 Å². The van der Waals surface area contributed by atoms with Crippen LogP contribution >= 0.6 is 15.9 Å². The number of nitrogens with one attached hydrogen (secondary N) is 1. The minimum absolute atomic E-state index is 0.102. The second kappa shape index (κ2) is 4.55. The minimum atomic E-state index is 0.102. The molecule has 1 fully saturated rings. The Bertz CT molecular complexity index is 415. The van der Waals surface area contributed by atoms with E-state index in [2.05, 4.69) is 21.2 Å². The van der Waals surface area contributed by atoms with Crippen LogP contribution < -0.4 is 5.32 Å². The van der Waals surface area contributed by atoms with E-state index in [1.807, 2.05) is 37.1 Å². The van der Waals surface area contributed by atoms with Crippen molar-refractivity contribution in [2.45, 2.75) is 13.0 Å². The van der Waals surface area contributed by atoms with Crippen molar-refractivity contribution in [3.8, 4) is 0 Å². The highest BCUT2D eigenvalue weighted by molar-refractivity contribution is 9.10. The third kappa shape index (κ3) is 1.99. The average molecular weight is 283 g/mol. The molecule has 1 aromatic carbocycles. The van der Waals surface area contributed by atoms with Gasteiger partial charge in [0.1, 0.15) is 0 Å². The monoisotopic (exact) mass is 282 g/mol. The second-order valence-electron chi connectivity index (χ2n) is 4.14. The van der Waals surface area contributed by atoms with E-state index in [1.165, 1.54) is 0 Å². The van der Waals surface area contributed by atoms with Gasteiger partial charge in [0.2, 0.25) is 0 Å². The molecule has 0 atom stereocenters. The zero-order valence-corrected chi connectivity index (χ0v) is 11.0. The van der Waals surface area contributed by atoms with Crippen LogP contribution in [0.1, 0.15) is 15.9 Å². The first kappa shape index (κ1) is 11.6. The number of likely N-dealkylation sites (N-methyl/N-ethyl adjacent to an activating group) is 1. The molecule has 86 valence electrons. The van der Waals surface area contributed by atoms with E-state index in [1.54, 1.807) is 0 Å². The van der Waals surface area contributed by atoms with Gasteiger partial charge < -0.3 is 10.2 Å². The third-order valence-corrected chi connectivity index (χ3v) is 3.99. The molecule has 3 nitrogen and oxygen atoms in total. The molecule has 1 heterocycles. The maximum Gasteiger partial charge on any atom is 0.254 e. The van der Waals surface area contributed by atoms with Gasteiger partial charge in [0.25, 0.3) is 5.91 Å². The van der Waals surface area contributed by atoms with Crippen LogP contribution in [-0.2, 0) is 0 Å². The molecule has 0 saturated carbocycles. The number of hydrogen-bond acceptors (Lipinski definition) is 2. The SMILES string of the molecule is Cc1c(Br)cccc1C(=O)N(C)C1CNC1. The molecule has 0 radical (unpaired) electrons. The molecule has 2 rings (SSSR count). The Morgan fingerprint density at radius 3 is 2.75 bits per heavy atom. The van der Waals surface area contributed by atoms with Gasteiger partial charge in [-0.15, -0.1) is 0 Å². The Labute approximate surface area is 104 Å². The van der Waals surface area contributed by atoms with Gasteiger partial charge in [-0.25, -0.2) is 0 Å². The second-order valence-corrected chi connectivity index (χ2v) is 4.99. The van der Waals surface area contributed by atoms with Crippen LogP contribution in [0.25, 0.3) is 0 Å². The Hall–Kier alpha value is -0.870. The van der Waals surface area contributed by atoms with Gasteiger partial charge in [-0.05, 0) is 24.6 Å². The standard InChI is InChI=1S/C12H15BrN2O/c1-8-10(4-3-5-11(8)13)12(16)15(2)9-6-14-7-9/h3-5,9,14H,6-7H2,1-2H3. The predicted molar refractivity (Wildman–Crippen MR) is 67.6 cm³/mol. The molecule has 0 spiro atoms. The van der Waals surface area contributed by atoms with Crippen molar-refractivity contribution in [3.05, 3.63) is 33.8 Å². The van der Waals surface area contributed by atoms with E-state index in [4.69, 9.17) is 0 Å². The number of carbonyl (C=O) groups excluding carboxylic acids is 1. The zero-order chi connectivity index (χ0) is 11.7. The number of carbonyl (C=O) groups is 1. The Balaban J connectivity index is 2.22. The van der Waals surface area contributed by atoms with E-state index in [9.17, 15) is 4.79 Å². The first-order valence-corrected chi connectivity index (χ1v) is 6.13. The first-order chi connectivity index (χ1) is 7.61. The summed E-state index contributed by atoms with van der Waals surface area (Å²) in [5, 5.41) is 3.17. The summed E-state index contributed by atoms with van der Waals surface area (Å²) in [5.74, 6) is 0.102. The number of rotatable bonds is 2. The molecule has 0 unspecified atom stereocenters. The normalized spacial score (nSPS) is 15.7. The fourth-order valence-corrected chi connectivity index (χ4v) is 2.11. The van der Waals surface area contributed by atoms with Gasteiger partial charge in [-0.3, -0.25) is 4.79 Å². The minimum Gasteiger partial charge on any atom is -0.336 e. The smallest absolute Gasteiger partial charge is 0.254 e. The molecule has 0 bridgehead atoms. The van der Waals surface area contributed by atoms with Crippen LogP contribution in [0.5, 0.6) is 0 Å². The van der Waals surface area contributed by atoms with Crippen molar-refractivity contribution in [1.29, 1.82) is 0 Å². The van der Waals surface area contributed by atoms with Gasteiger partial charge >= 0.3 is 0 Å². The maximum atomic E-state index is 12.2. The largest absolute Gasteiger partial charge is 0.336 e. The van der Waals surface area contributed by atoms with Crippen LogP contribution in [0.15, 0.2) is 22.7 Å². The highest BCUT2D eigenvalue weighted by Crippen LogP contribution is 2.21. The molecule has 1 aliphatic rings. The van der Waals surface area contributed by atoms with E-state index < -0.39 is 0 Å². The fourth-order valence-electron chi connectivity index (χ4n) is 1.74. The number of nitrogens with zero attached hydrogens (tertiary/aromatic N) is 1. The molecular formula is C12H15BrN2O. The van der Waals surface area contributed by atoms with Crippen molar-refractivity contribution in [3.63, 3.8) is 0 Å². The Kier molecular flexibility index (Phi) is 3.30. The van der Waals surface area contributed by atoms with Crippen LogP contribution in [0, 0.1) is 6.92 Å². The van der Waals surface area contributed by atoms with Crippen LogP contribution in [-0.4, -0.2) is 37.0 Å². The predicted octanol–water partition coefficient (Wildman–Crippen LogP) is 1.80. The molecule has 4 heteroatoms. The first-order valence-electron chi connectivity index (χ1n) is 5.34. The molecule has 0 aliphatic carbocycles. The van der Waals surface area contributed by atoms with Crippen molar-refractivity contribution in [1.82, 2.24) is 10.2 Å². The van der Waals surface area contributed by atoms with E-state index >= 15 is 0 Å². The highest BCUT2D eigenvalue weighted by atomic mass is 79.9. The average Bonchev–Trinajstić information content (AvgIpc) is 2.18. The van der Waals surface area contributed by atoms with E-state index in [-0.39, 0.29) is 5.91 Å². The summed E-state index contributed by atoms with van der Waals surface area (Å²) in [5.41, 5.74) is 1.79. The Morgan fingerprint density at radius 1 is 1.50 bits per heavy atom. The summed E-state index contributed by atoms with van der Waals surface area (Å²) in [6.45, 7) is 3.76. The number of hydrogen-bond donors (Lipinski definition) is 1. The lowest BCUT2D eigenvalue weighted by Crippen LogP contribution is -2.57. The van der Waals surface area contributed by atoms with Crippen LogP contribution in [0.4, 0.5) is 0 Å². The molecule has 1 saturated heterocycles. The summed E-state index contributed by atoms with van der Waals surface area (Å²) in [6.07, 6.45) is 0. The lowest BCUT2D eigenvalue weighted by molar-refractivity contribution is 0.0680. The van der Waals surface area contributed by atoms with E-state index in [0.717, 1.165) is 28.7 Å². The lowest BCUT2D eigenvalue weighted by Gasteiger charge is -2.35. The molecule has 1 aliphatic heterocycles. The zero-order valence-electron chi connectivity index (χ0n) is 9.46. The fraction of sp³-hybridized carbons (Fsp3) is 0.417. The topological polar surface area (TPSA) is 32.3 Å². The van der Waals surface area contributed by atoms with Gasteiger partial charge in [0, 0.05) is 30.2 Å². The number of halogens is 1. The Morgan fingerprint density at radius 2 is 2.19 bits per heavy atom. The number of amides is 1. The quantitative estimate of drug-likeness (QED) is 0.897. The van der Waals surface area contributed by atoms with Crippen LogP contribution in [0.2, 0.25) is 0 Å². The van der Waals surface area contributed by atoms with Crippen molar-refractivity contribution in [2.24, 2.45) is 0 Å². The summed E-state index contributed by atoms with van der Waals surface area (Å²) in [4.78, 5) is 14.1. The summed E-state index contributed by atoms with van der Waals surface area (Å²) < 4.78 is 0.985. The van der Waals surface area contributed by atoms with Gasteiger partial charge in [-0.2, -0.15) is 0 Å². The lowest BCUT2D eigenvalue weighted by atomic mass is 10.1.